The lowest BCUT2D eigenvalue weighted by atomic mass is 9.94. The van der Waals surface area contributed by atoms with Gasteiger partial charge in [-0.05, 0) is 54.4 Å². The van der Waals surface area contributed by atoms with E-state index in [2.05, 4.69) is 0 Å². The van der Waals surface area contributed by atoms with Gasteiger partial charge < -0.3 is 14.6 Å². The Kier molecular flexibility index (Phi) is 6.30. The van der Waals surface area contributed by atoms with Crippen molar-refractivity contribution in [1.82, 2.24) is 0 Å². The molecule has 0 aliphatic carbocycles. The van der Waals surface area contributed by atoms with Gasteiger partial charge in [-0.3, -0.25) is 14.5 Å². The molecule has 3 aromatic carbocycles. The third-order valence-electron chi connectivity index (χ3n) is 5.61. The van der Waals surface area contributed by atoms with Gasteiger partial charge in [-0.15, -0.1) is 0 Å². The Labute approximate surface area is 200 Å². The molecule has 1 amide bonds. The SMILES string of the molecule is COc1cccc(N2C(=O)C(=O)/C(=C(/O)c3cc(C)cc(Cl)c3OC)C2c2ccc(F)cc2)c1. The molecule has 174 valence electrons. The van der Waals surface area contributed by atoms with E-state index in [1.165, 1.54) is 43.4 Å². The number of amides is 1. The van der Waals surface area contributed by atoms with Crippen molar-refractivity contribution in [3.05, 3.63) is 93.8 Å². The molecule has 1 fully saturated rings. The van der Waals surface area contributed by atoms with Crippen LogP contribution in [-0.4, -0.2) is 31.0 Å². The minimum Gasteiger partial charge on any atom is -0.507 e. The van der Waals surface area contributed by atoms with Crippen molar-refractivity contribution in [2.24, 2.45) is 0 Å². The van der Waals surface area contributed by atoms with Gasteiger partial charge in [0.05, 0.1) is 36.4 Å². The Morgan fingerprint density at radius 2 is 1.74 bits per heavy atom. The molecule has 4 rings (SSSR count). The minimum absolute atomic E-state index is 0.162. The Balaban J connectivity index is 2.00. The number of ketones is 1. The molecule has 1 heterocycles. The fourth-order valence-corrected chi connectivity index (χ4v) is 4.43. The molecular formula is C26H21ClFNO5. The summed E-state index contributed by atoms with van der Waals surface area (Å²) in [5.41, 5.74) is 1.53. The fourth-order valence-electron chi connectivity index (χ4n) is 4.08. The van der Waals surface area contributed by atoms with Crippen molar-refractivity contribution in [2.75, 3.05) is 19.1 Å². The summed E-state index contributed by atoms with van der Waals surface area (Å²) in [7, 11) is 2.87. The van der Waals surface area contributed by atoms with E-state index < -0.39 is 29.3 Å². The van der Waals surface area contributed by atoms with Crippen LogP contribution in [0.4, 0.5) is 10.1 Å². The number of carbonyl (C=O) groups excluding carboxylic acids is 2. The molecule has 0 spiro atoms. The monoisotopic (exact) mass is 481 g/mol. The first-order valence-electron chi connectivity index (χ1n) is 10.3. The van der Waals surface area contributed by atoms with Gasteiger partial charge in [0.1, 0.15) is 23.1 Å². The molecule has 0 aromatic heterocycles. The summed E-state index contributed by atoms with van der Waals surface area (Å²) < 4.78 is 24.3. The number of benzene rings is 3. The summed E-state index contributed by atoms with van der Waals surface area (Å²) in [6, 6.07) is 14.3. The van der Waals surface area contributed by atoms with E-state index in [0.717, 1.165) is 0 Å². The smallest absolute Gasteiger partial charge is 0.300 e. The highest BCUT2D eigenvalue weighted by Gasteiger charge is 2.47. The molecule has 0 radical (unpaired) electrons. The number of rotatable bonds is 5. The van der Waals surface area contributed by atoms with E-state index in [0.29, 0.717) is 22.6 Å². The van der Waals surface area contributed by atoms with Gasteiger partial charge in [0.25, 0.3) is 11.7 Å². The molecule has 1 N–H and O–H groups in total. The lowest BCUT2D eigenvalue weighted by Gasteiger charge is -2.26. The number of aryl methyl sites for hydroxylation is 1. The van der Waals surface area contributed by atoms with E-state index in [1.807, 2.05) is 0 Å². The highest BCUT2D eigenvalue weighted by Crippen LogP contribution is 2.45. The van der Waals surface area contributed by atoms with Crippen LogP contribution < -0.4 is 14.4 Å². The van der Waals surface area contributed by atoms with E-state index in [1.54, 1.807) is 43.3 Å². The van der Waals surface area contributed by atoms with Crippen molar-refractivity contribution in [3.63, 3.8) is 0 Å². The quantitative estimate of drug-likeness (QED) is 0.299. The first-order valence-corrected chi connectivity index (χ1v) is 10.7. The third kappa shape index (κ3) is 3.99. The fraction of sp³-hybridized carbons (Fsp3) is 0.154. The number of aliphatic hydroxyl groups excluding tert-OH is 1. The molecule has 1 unspecified atom stereocenters. The molecule has 3 aromatic rings. The van der Waals surface area contributed by atoms with Crippen molar-refractivity contribution in [2.45, 2.75) is 13.0 Å². The van der Waals surface area contributed by atoms with E-state index in [4.69, 9.17) is 21.1 Å². The standard InChI is InChI=1S/C26H21ClFNO5/c1-14-11-19(25(34-3)20(27)12-14)23(30)21-22(15-7-9-16(28)10-8-15)29(26(32)24(21)31)17-5-4-6-18(13-17)33-2/h4-13,22,30H,1-3H3/b23-21+. The average molecular weight is 482 g/mol. The zero-order valence-electron chi connectivity index (χ0n) is 18.6. The Hall–Kier alpha value is -3.84. The van der Waals surface area contributed by atoms with Crippen LogP contribution in [0.2, 0.25) is 5.02 Å². The van der Waals surface area contributed by atoms with Gasteiger partial charge in [0, 0.05) is 11.8 Å². The molecule has 6 nitrogen and oxygen atoms in total. The van der Waals surface area contributed by atoms with Crippen LogP contribution in [0.5, 0.6) is 11.5 Å². The van der Waals surface area contributed by atoms with Crippen LogP contribution in [0.15, 0.2) is 66.2 Å². The molecule has 34 heavy (non-hydrogen) atoms. The summed E-state index contributed by atoms with van der Waals surface area (Å²) in [5, 5.41) is 11.6. The number of ether oxygens (including phenoxy) is 2. The minimum atomic E-state index is -1.03. The first kappa shape index (κ1) is 23.3. The highest BCUT2D eigenvalue weighted by molar-refractivity contribution is 6.51. The van der Waals surface area contributed by atoms with Crippen LogP contribution in [0.1, 0.15) is 22.7 Å². The second-order valence-corrected chi connectivity index (χ2v) is 8.16. The Morgan fingerprint density at radius 1 is 1.03 bits per heavy atom. The normalized spacial score (nSPS) is 17.2. The molecule has 0 bridgehead atoms. The average Bonchev–Trinajstić information content (AvgIpc) is 3.09. The van der Waals surface area contributed by atoms with Gasteiger partial charge in [-0.1, -0.05) is 29.8 Å². The third-order valence-corrected chi connectivity index (χ3v) is 5.89. The van der Waals surface area contributed by atoms with Gasteiger partial charge >= 0.3 is 0 Å². The zero-order valence-corrected chi connectivity index (χ0v) is 19.4. The number of methoxy groups -OCH3 is 2. The first-order chi connectivity index (χ1) is 16.3. The number of anilines is 1. The van der Waals surface area contributed by atoms with E-state index >= 15 is 0 Å². The van der Waals surface area contributed by atoms with E-state index in [-0.39, 0.29) is 21.9 Å². The molecule has 1 aliphatic heterocycles. The largest absolute Gasteiger partial charge is 0.507 e. The molecule has 0 saturated carbocycles. The second-order valence-electron chi connectivity index (χ2n) is 7.75. The summed E-state index contributed by atoms with van der Waals surface area (Å²) >= 11 is 6.30. The van der Waals surface area contributed by atoms with Crippen molar-refractivity contribution < 1.29 is 28.6 Å². The maximum atomic E-state index is 13.7. The summed E-state index contributed by atoms with van der Waals surface area (Å²) in [5.74, 6) is -2.02. The lowest BCUT2D eigenvalue weighted by Crippen LogP contribution is -2.29. The van der Waals surface area contributed by atoms with Crippen molar-refractivity contribution in [1.29, 1.82) is 0 Å². The maximum absolute atomic E-state index is 13.7. The molecule has 1 saturated heterocycles. The highest BCUT2D eigenvalue weighted by atomic mass is 35.5. The van der Waals surface area contributed by atoms with Crippen LogP contribution >= 0.6 is 11.6 Å². The van der Waals surface area contributed by atoms with Crippen LogP contribution in [0.25, 0.3) is 5.76 Å². The predicted octanol–water partition coefficient (Wildman–Crippen LogP) is 5.43. The molecule has 1 aliphatic rings. The maximum Gasteiger partial charge on any atom is 0.300 e. The number of halogens is 2. The second kappa shape index (κ2) is 9.19. The number of carbonyl (C=O) groups is 2. The van der Waals surface area contributed by atoms with E-state index in [9.17, 15) is 19.1 Å². The van der Waals surface area contributed by atoms with Crippen LogP contribution in [0, 0.1) is 12.7 Å². The van der Waals surface area contributed by atoms with Crippen LogP contribution in [-0.2, 0) is 9.59 Å². The zero-order chi connectivity index (χ0) is 24.6. The van der Waals surface area contributed by atoms with Gasteiger partial charge in [0.15, 0.2) is 0 Å². The van der Waals surface area contributed by atoms with Crippen LogP contribution in [0.3, 0.4) is 0 Å². The lowest BCUT2D eigenvalue weighted by molar-refractivity contribution is -0.132. The molecule has 1 atom stereocenters. The van der Waals surface area contributed by atoms with Gasteiger partial charge in [-0.2, -0.15) is 0 Å². The Bertz CT molecular complexity index is 1320. The Morgan fingerprint density at radius 3 is 2.38 bits per heavy atom. The number of nitrogens with zero attached hydrogens (tertiary/aromatic N) is 1. The summed E-state index contributed by atoms with van der Waals surface area (Å²) in [6.07, 6.45) is 0. The van der Waals surface area contributed by atoms with Crippen molar-refractivity contribution in [3.8, 4) is 11.5 Å². The summed E-state index contributed by atoms with van der Waals surface area (Å²) in [6.45, 7) is 1.77. The number of aliphatic hydroxyl groups is 1. The summed E-state index contributed by atoms with van der Waals surface area (Å²) in [4.78, 5) is 27.8. The number of hydrogen-bond donors (Lipinski definition) is 1. The van der Waals surface area contributed by atoms with Gasteiger partial charge in [0.2, 0.25) is 0 Å². The van der Waals surface area contributed by atoms with Gasteiger partial charge in [-0.25, -0.2) is 4.39 Å². The van der Waals surface area contributed by atoms with Crippen molar-refractivity contribution >= 4 is 34.7 Å². The molecule has 8 heteroatoms. The number of hydrogen-bond acceptors (Lipinski definition) is 5. The topological polar surface area (TPSA) is 76.1 Å². The number of Topliss-reactive ketones (excluding diaryl/α,β-unsaturated/α-hetero) is 1. The predicted molar refractivity (Wildman–Crippen MR) is 127 cm³/mol. The molecular weight excluding hydrogens is 461 g/mol.